The molecule has 2 N–H and O–H groups in total. The SMILES string of the molecule is COc1cccc(OC)c1OCCC1CCCC1(N)C#N. The predicted molar refractivity (Wildman–Crippen MR) is 79.5 cm³/mol. The van der Waals surface area contributed by atoms with Gasteiger partial charge < -0.3 is 19.9 Å². The number of nitriles is 1. The smallest absolute Gasteiger partial charge is 0.203 e. The summed E-state index contributed by atoms with van der Waals surface area (Å²) in [5, 5.41) is 9.22. The summed E-state index contributed by atoms with van der Waals surface area (Å²) in [6.07, 6.45) is 3.51. The van der Waals surface area contributed by atoms with Gasteiger partial charge in [-0.25, -0.2) is 0 Å². The van der Waals surface area contributed by atoms with Crippen LogP contribution in [-0.2, 0) is 0 Å². The molecule has 114 valence electrons. The summed E-state index contributed by atoms with van der Waals surface area (Å²) < 4.78 is 16.4. The maximum Gasteiger partial charge on any atom is 0.203 e. The first-order chi connectivity index (χ1) is 10.1. The van der Waals surface area contributed by atoms with Gasteiger partial charge in [0.25, 0.3) is 0 Å². The first kappa shape index (κ1) is 15.5. The van der Waals surface area contributed by atoms with E-state index in [-0.39, 0.29) is 5.92 Å². The molecule has 0 radical (unpaired) electrons. The minimum absolute atomic E-state index is 0.184. The quantitative estimate of drug-likeness (QED) is 0.871. The fourth-order valence-corrected chi connectivity index (χ4v) is 2.91. The second-order valence-electron chi connectivity index (χ2n) is 5.37. The molecule has 5 nitrogen and oxygen atoms in total. The van der Waals surface area contributed by atoms with Gasteiger partial charge in [-0.3, -0.25) is 0 Å². The van der Waals surface area contributed by atoms with Gasteiger partial charge in [-0.15, -0.1) is 0 Å². The van der Waals surface area contributed by atoms with Crippen LogP contribution in [0.4, 0.5) is 0 Å². The van der Waals surface area contributed by atoms with Crippen molar-refractivity contribution in [2.75, 3.05) is 20.8 Å². The zero-order chi connectivity index (χ0) is 15.3. The van der Waals surface area contributed by atoms with Crippen LogP contribution < -0.4 is 19.9 Å². The van der Waals surface area contributed by atoms with Crippen LogP contribution in [0.15, 0.2) is 18.2 Å². The van der Waals surface area contributed by atoms with E-state index >= 15 is 0 Å². The minimum Gasteiger partial charge on any atom is -0.493 e. The Hall–Kier alpha value is -1.93. The van der Waals surface area contributed by atoms with Crippen LogP contribution in [0.2, 0.25) is 0 Å². The number of ether oxygens (including phenoxy) is 3. The van der Waals surface area contributed by atoms with E-state index in [2.05, 4.69) is 6.07 Å². The summed E-state index contributed by atoms with van der Waals surface area (Å²) in [6, 6.07) is 7.76. The summed E-state index contributed by atoms with van der Waals surface area (Å²) in [7, 11) is 3.19. The Kier molecular flexibility index (Phi) is 4.92. The minimum atomic E-state index is -0.700. The molecule has 0 amide bonds. The van der Waals surface area contributed by atoms with Crippen molar-refractivity contribution in [2.24, 2.45) is 11.7 Å². The first-order valence-corrected chi connectivity index (χ1v) is 7.18. The Bertz CT molecular complexity index is 504. The maximum absolute atomic E-state index is 9.22. The molecule has 2 atom stereocenters. The largest absolute Gasteiger partial charge is 0.493 e. The molecule has 0 aliphatic heterocycles. The third-order valence-electron chi connectivity index (χ3n) is 4.18. The van der Waals surface area contributed by atoms with Gasteiger partial charge in [0.2, 0.25) is 5.75 Å². The van der Waals surface area contributed by atoms with Gasteiger partial charge >= 0.3 is 0 Å². The van der Waals surface area contributed by atoms with Gasteiger partial charge in [0.15, 0.2) is 11.5 Å². The molecule has 0 aromatic heterocycles. The lowest BCUT2D eigenvalue weighted by molar-refractivity contribution is 0.235. The van der Waals surface area contributed by atoms with Crippen molar-refractivity contribution in [3.05, 3.63) is 18.2 Å². The zero-order valence-electron chi connectivity index (χ0n) is 12.6. The maximum atomic E-state index is 9.22. The van der Waals surface area contributed by atoms with Gasteiger partial charge in [-0.2, -0.15) is 5.26 Å². The monoisotopic (exact) mass is 290 g/mol. The van der Waals surface area contributed by atoms with Crippen LogP contribution in [0.1, 0.15) is 25.7 Å². The van der Waals surface area contributed by atoms with Crippen LogP contribution in [0.3, 0.4) is 0 Å². The molecular formula is C16H22N2O3. The Morgan fingerprint density at radius 1 is 1.33 bits per heavy atom. The molecule has 1 aliphatic rings. The van der Waals surface area contributed by atoms with E-state index in [1.807, 2.05) is 18.2 Å². The lowest BCUT2D eigenvalue weighted by atomic mass is 9.87. The third kappa shape index (κ3) is 3.22. The van der Waals surface area contributed by atoms with Crippen molar-refractivity contribution in [1.29, 1.82) is 5.26 Å². The molecular weight excluding hydrogens is 268 g/mol. The van der Waals surface area contributed by atoms with E-state index in [0.29, 0.717) is 23.9 Å². The van der Waals surface area contributed by atoms with Gasteiger partial charge in [0, 0.05) is 0 Å². The highest BCUT2D eigenvalue weighted by Crippen LogP contribution is 2.39. The highest BCUT2D eigenvalue weighted by Gasteiger charge is 2.39. The number of hydrogen-bond acceptors (Lipinski definition) is 5. The number of benzene rings is 1. The Morgan fingerprint density at radius 2 is 2.00 bits per heavy atom. The molecule has 1 fully saturated rings. The molecule has 2 unspecified atom stereocenters. The zero-order valence-corrected chi connectivity index (χ0v) is 12.6. The molecule has 2 rings (SSSR count). The van der Waals surface area contributed by atoms with E-state index in [9.17, 15) is 5.26 Å². The van der Waals surface area contributed by atoms with E-state index in [0.717, 1.165) is 25.7 Å². The summed E-state index contributed by atoms with van der Waals surface area (Å²) in [4.78, 5) is 0. The number of hydrogen-bond donors (Lipinski definition) is 1. The van der Waals surface area contributed by atoms with Crippen LogP contribution in [0, 0.1) is 17.2 Å². The Balaban J connectivity index is 2.00. The fourth-order valence-electron chi connectivity index (χ4n) is 2.91. The van der Waals surface area contributed by atoms with Crippen molar-refractivity contribution in [3.8, 4) is 23.3 Å². The number of nitrogens with zero attached hydrogens (tertiary/aromatic N) is 1. The van der Waals surface area contributed by atoms with Crippen molar-refractivity contribution in [1.82, 2.24) is 0 Å². The average molecular weight is 290 g/mol. The van der Waals surface area contributed by atoms with E-state index in [1.54, 1.807) is 14.2 Å². The van der Waals surface area contributed by atoms with Crippen molar-refractivity contribution < 1.29 is 14.2 Å². The number of rotatable bonds is 6. The van der Waals surface area contributed by atoms with E-state index < -0.39 is 5.54 Å². The van der Waals surface area contributed by atoms with Gasteiger partial charge in [-0.1, -0.05) is 12.5 Å². The van der Waals surface area contributed by atoms with Crippen molar-refractivity contribution in [2.45, 2.75) is 31.2 Å². The van der Waals surface area contributed by atoms with E-state index in [1.165, 1.54) is 0 Å². The van der Waals surface area contributed by atoms with Crippen LogP contribution in [0.25, 0.3) is 0 Å². The lowest BCUT2D eigenvalue weighted by Gasteiger charge is -2.24. The van der Waals surface area contributed by atoms with Gasteiger partial charge in [0.1, 0.15) is 5.54 Å². The lowest BCUT2D eigenvalue weighted by Crippen LogP contribution is -2.42. The first-order valence-electron chi connectivity index (χ1n) is 7.18. The average Bonchev–Trinajstić information content (AvgIpc) is 2.89. The molecule has 1 aliphatic carbocycles. The van der Waals surface area contributed by atoms with Crippen molar-refractivity contribution in [3.63, 3.8) is 0 Å². The van der Waals surface area contributed by atoms with Crippen LogP contribution in [0.5, 0.6) is 17.2 Å². The summed E-state index contributed by atoms with van der Waals surface area (Å²) in [5.74, 6) is 2.06. The normalized spacial score (nSPS) is 24.4. The molecule has 0 heterocycles. The predicted octanol–water partition coefficient (Wildman–Crippen LogP) is 2.49. The topological polar surface area (TPSA) is 77.5 Å². The van der Waals surface area contributed by atoms with Crippen LogP contribution >= 0.6 is 0 Å². The molecule has 21 heavy (non-hydrogen) atoms. The van der Waals surface area contributed by atoms with Gasteiger partial charge in [-0.05, 0) is 37.3 Å². The number of methoxy groups -OCH3 is 2. The second kappa shape index (κ2) is 6.68. The second-order valence-corrected chi connectivity index (χ2v) is 5.37. The molecule has 0 bridgehead atoms. The standard InChI is InChI=1S/C16H22N2O3/c1-19-13-6-3-7-14(20-2)15(13)21-10-8-12-5-4-9-16(12,18)11-17/h3,6-7,12H,4-5,8-10,18H2,1-2H3. The number of nitrogens with two attached hydrogens (primary N) is 1. The molecule has 0 saturated heterocycles. The van der Waals surface area contributed by atoms with E-state index in [4.69, 9.17) is 19.9 Å². The highest BCUT2D eigenvalue weighted by atomic mass is 16.5. The third-order valence-corrected chi connectivity index (χ3v) is 4.18. The Labute approximate surface area is 125 Å². The van der Waals surface area contributed by atoms with Gasteiger partial charge in [0.05, 0.1) is 26.9 Å². The number of para-hydroxylation sites is 1. The molecule has 1 aromatic rings. The molecule has 0 spiro atoms. The van der Waals surface area contributed by atoms with Crippen molar-refractivity contribution >= 4 is 0 Å². The molecule has 5 heteroatoms. The van der Waals surface area contributed by atoms with Crippen LogP contribution in [-0.4, -0.2) is 26.4 Å². The molecule has 1 aromatic carbocycles. The molecule has 1 saturated carbocycles. The summed E-state index contributed by atoms with van der Waals surface area (Å²) >= 11 is 0. The fraction of sp³-hybridized carbons (Fsp3) is 0.562. The summed E-state index contributed by atoms with van der Waals surface area (Å²) in [5.41, 5.74) is 5.43. The highest BCUT2D eigenvalue weighted by molar-refractivity contribution is 5.51. The summed E-state index contributed by atoms with van der Waals surface area (Å²) in [6.45, 7) is 0.488. The Morgan fingerprint density at radius 3 is 2.57 bits per heavy atom.